The zero-order valence-corrected chi connectivity index (χ0v) is 22.4. The van der Waals surface area contributed by atoms with Gasteiger partial charge in [-0.1, -0.05) is 56.5 Å². The van der Waals surface area contributed by atoms with Gasteiger partial charge in [-0.05, 0) is 36.5 Å². The van der Waals surface area contributed by atoms with E-state index in [0.717, 1.165) is 30.0 Å². The van der Waals surface area contributed by atoms with Gasteiger partial charge in [0.1, 0.15) is 17.5 Å². The van der Waals surface area contributed by atoms with Crippen LogP contribution < -0.4 is 15.2 Å². The third kappa shape index (κ3) is 7.12. The van der Waals surface area contributed by atoms with E-state index in [-0.39, 0.29) is 11.9 Å². The summed E-state index contributed by atoms with van der Waals surface area (Å²) >= 11 is 0. The lowest BCUT2D eigenvalue weighted by Gasteiger charge is -2.53. The average Bonchev–Trinajstić information content (AvgIpc) is 2.92. The van der Waals surface area contributed by atoms with Gasteiger partial charge in [-0.2, -0.15) is 13.2 Å². The van der Waals surface area contributed by atoms with Crippen molar-refractivity contribution in [1.82, 2.24) is 5.32 Å². The van der Waals surface area contributed by atoms with Crippen LogP contribution in [-0.2, 0) is 11.2 Å². The minimum absolute atomic E-state index is 0.0288. The number of rotatable bonds is 8. The third-order valence-corrected chi connectivity index (χ3v) is 8.29. The molecule has 212 valence electrons. The number of fused-ring (bicyclic) bond motifs is 5. The number of piperidine rings is 3. The molecule has 6 nitrogen and oxygen atoms in total. The molecule has 0 radical (unpaired) electrons. The highest BCUT2D eigenvalue weighted by atomic mass is 19.4. The highest BCUT2D eigenvalue weighted by Crippen LogP contribution is 2.39. The van der Waals surface area contributed by atoms with E-state index in [2.05, 4.69) is 24.4 Å². The monoisotopic (exact) mass is 546 g/mol. The predicted octanol–water partition coefficient (Wildman–Crippen LogP) is 4.99. The smallest absolute Gasteiger partial charge is 0.430 e. The molecule has 0 saturated carbocycles. The second-order valence-corrected chi connectivity index (χ2v) is 11.0. The summed E-state index contributed by atoms with van der Waals surface area (Å²) in [6.45, 7) is 7.25. The van der Waals surface area contributed by atoms with Crippen molar-refractivity contribution in [1.29, 1.82) is 0 Å². The Labute approximate surface area is 227 Å². The topological polar surface area (TPSA) is 78.5 Å². The van der Waals surface area contributed by atoms with Crippen molar-refractivity contribution in [2.45, 2.75) is 70.5 Å². The van der Waals surface area contributed by atoms with Gasteiger partial charge < -0.3 is 24.4 Å². The number of nitrogens with one attached hydrogen (secondary N) is 1. The van der Waals surface area contributed by atoms with Gasteiger partial charge in [0.25, 0.3) is 5.91 Å². The Morgan fingerprint density at radius 1 is 1.00 bits per heavy atom. The Kier molecular flexibility index (Phi) is 9.20. The molecule has 2 aromatic carbocycles. The Morgan fingerprint density at radius 2 is 1.67 bits per heavy atom. The molecule has 4 aliphatic rings. The summed E-state index contributed by atoms with van der Waals surface area (Å²) < 4.78 is 39.0. The molecular formula is C30H37F3N2O4. The fourth-order valence-electron chi connectivity index (χ4n) is 6.15. The van der Waals surface area contributed by atoms with Crippen molar-refractivity contribution in [3.63, 3.8) is 0 Å². The van der Waals surface area contributed by atoms with E-state index in [1.165, 1.54) is 74.6 Å². The summed E-state index contributed by atoms with van der Waals surface area (Å²) in [6.07, 6.45) is 4.81. The van der Waals surface area contributed by atoms with Gasteiger partial charge in [-0.3, -0.25) is 4.79 Å². The molecule has 0 spiro atoms. The quantitative estimate of drug-likeness (QED) is 0.319. The van der Waals surface area contributed by atoms with Gasteiger partial charge in [-0.25, -0.2) is 0 Å². The lowest BCUT2D eigenvalue weighted by Crippen LogP contribution is -2.67. The number of amides is 1. The van der Waals surface area contributed by atoms with Crippen molar-refractivity contribution in [3.05, 3.63) is 59.2 Å². The van der Waals surface area contributed by atoms with E-state index in [1.54, 1.807) is 0 Å². The van der Waals surface area contributed by atoms with E-state index in [9.17, 15) is 18.0 Å². The van der Waals surface area contributed by atoms with Gasteiger partial charge in [0.2, 0.25) is 0 Å². The van der Waals surface area contributed by atoms with Crippen molar-refractivity contribution in [2.24, 2.45) is 5.92 Å². The van der Waals surface area contributed by atoms with Gasteiger partial charge in [0.05, 0.1) is 37.8 Å². The van der Waals surface area contributed by atoms with Gasteiger partial charge in [0.15, 0.2) is 0 Å². The molecule has 9 heteroatoms. The van der Waals surface area contributed by atoms with Crippen LogP contribution in [0.15, 0.2) is 42.5 Å². The predicted molar refractivity (Wildman–Crippen MR) is 139 cm³/mol. The molecule has 1 N–H and O–H groups in total. The molecule has 2 aromatic rings. The minimum Gasteiger partial charge on any atom is -0.542 e. The van der Waals surface area contributed by atoms with Crippen LogP contribution in [0.1, 0.15) is 73.4 Å². The second kappa shape index (κ2) is 12.4. The Bertz CT molecular complexity index is 1160. The molecule has 0 aromatic heterocycles. The first-order chi connectivity index (χ1) is 18.6. The van der Waals surface area contributed by atoms with Crippen LogP contribution in [0, 0.1) is 5.92 Å². The maximum absolute atomic E-state index is 13.4. The summed E-state index contributed by atoms with van der Waals surface area (Å²) in [5.74, 6) is -0.741. The van der Waals surface area contributed by atoms with Crippen LogP contribution in [0.2, 0.25) is 0 Å². The number of alkyl halides is 3. The number of benzene rings is 2. The molecule has 0 aliphatic carbocycles. The van der Waals surface area contributed by atoms with Crippen LogP contribution in [0.3, 0.4) is 0 Å². The summed E-state index contributed by atoms with van der Waals surface area (Å²) in [7, 11) is 0. The number of carbonyl (C=O) groups is 2. The average molecular weight is 547 g/mol. The molecule has 39 heavy (non-hydrogen) atoms. The van der Waals surface area contributed by atoms with Gasteiger partial charge >= 0.3 is 6.18 Å². The largest absolute Gasteiger partial charge is 0.542 e. The van der Waals surface area contributed by atoms with Crippen molar-refractivity contribution in [2.75, 3.05) is 26.2 Å². The number of nitrogens with zero attached hydrogens (tertiary/aromatic N) is 1. The lowest BCUT2D eigenvalue weighted by molar-refractivity contribution is -0.944. The SMILES string of the molecule is CCCCCCC[N+]12CCC(CC1)[C@H](NC(=O)c1cccc3c1Oc1ccccc1C3)C2.O=C([O-])C(F)(F)F. The highest BCUT2D eigenvalue weighted by molar-refractivity contribution is 5.98. The molecule has 2 bridgehead atoms. The summed E-state index contributed by atoms with van der Waals surface area (Å²) in [6, 6.07) is 14.4. The maximum Gasteiger partial charge on any atom is 0.430 e. The number of hydrogen-bond donors (Lipinski definition) is 1. The first-order valence-electron chi connectivity index (χ1n) is 13.9. The standard InChI is InChI=1S/C28H36N2O2.C2HF3O2/c1-2-3-4-5-8-16-30-17-14-21(15-18-30)25(20-30)29-28(31)24-12-9-11-23-19-22-10-6-7-13-26(22)32-27(23)24;3-2(4,5)1(6)7/h6-7,9-13,21,25H,2-5,8,14-20H2,1H3;(H,6,7)/t21?,25-,30?;/m1./s1. The molecule has 4 heterocycles. The van der Waals surface area contributed by atoms with E-state index < -0.39 is 12.1 Å². The van der Waals surface area contributed by atoms with E-state index in [1.807, 2.05) is 30.3 Å². The third-order valence-electron chi connectivity index (χ3n) is 8.29. The van der Waals surface area contributed by atoms with Crippen molar-refractivity contribution >= 4 is 11.9 Å². The lowest BCUT2D eigenvalue weighted by atomic mass is 9.81. The molecule has 3 fully saturated rings. The van der Waals surface area contributed by atoms with Crippen LogP contribution in [0.5, 0.6) is 11.5 Å². The molecule has 3 saturated heterocycles. The van der Waals surface area contributed by atoms with E-state index in [0.29, 0.717) is 11.5 Å². The molecule has 0 unspecified atom stereocenters. The van der Waals surface area contributed by atoms with Gasteiger partial charge in [-0.15, -0.1) is 0 Å². The summed E-state index contributed by atoms with van der Waals surface area (Å²) in [5.41, 5.74) is 2.96. The number of aliphatic carboxylic acids is 1. The maximum atomic E-state index is 13.4. The molecule has 1 atom stereocenters. The normalized spacial score (nSPS) is 23.0. The minimum atomic E-state index is -5.19. The number of carboxylic acid groups (broad SMARTS) is 1. The molecule has 4 aliphatic heterocycles. The Balaban J connectivity index is 0.000000448. The van der Waals surface area contributed by atoms with Crippen molar-refractivity contribution in [3.8, 4) is 11.5 Å². The number of carboxylic acids is 1. The second-order valence-electron chi connectivity index (χ2n) is 11.0. The zero-order valence-electron chi connectivity index (χ0n) is 22.4. The summed E-state index contributed by atoms with van der Waals surface area (Å²) in [4.78, 5) is 22.2. The number of para-hydroxylation sites is 2. The number of quaternary nitrogens is 1. The number of unbranched alkanes of at least 4 members (excludes halogenated alkanes) is 4. The van der Waals surface area contributed by atoms with E-state index in [4.69, 9.17) is 14.6 Å². The number of hydrogen-bond acceptors (Lipinski definition) is 4. The van der Waals surface area contributed by atoms with Gasteiger partial charge in [0, 0.05) is 24.8 Å². The number of carbonyl (C=O) groups excluding carboxylic acids is 2. The van der Waals surface area contributed by atoms with Crippen LogP contribution in [0.25, 0.3) is 0 Å². The molecular weight excluding hydrogens is 509 g/mol. The van der Waals surface area contributed by atoms with Crippen LogP contribution in [-0.4, -0.2) is 54.8 Å². The molecule has 6 rings (SSSR count). The number of ether oxygens (including phenoxy) is 1. The Morgan fingerprint density at radius 3 is 2.36 bits per heavy atom. The van der Waals surface area contributed by atoms with Crippen LogP contribution >= 0.6 is 0 Å². The first kappa shape index (κ1) is 28.9. The molecule has 1 amide bonds. The van der Waals surface area contributed by atoms with Crippen molar-refractivity contribution < 1.29 is 37.1 Å². The highest BCUT2D eigenvalue weighted by Gasteiger charge is 2.46. The van der Waals surface area contributed by atoms with Crippen LogP contribution in [0.4, 0.5) is 13.2 Å². The fraction of sp³-hybridized carbons (Fsp3) is 0.533. The zero-order chi connectivity index (χ0) is 28.0. The Hall–Kier alpha value is -3.07. The number of halogens is 3. The fourth-order valence-corrected chi connectivity index (χ4v) is 6.15. The first-order valence-corrected chi connectivity index (χ1v) is 13.9. The summed E-state index contributed by atoms with van der Waals surface area (Å²) in [5, 5.41) is 12.2. The van der Waals surface area contributed by atoms with E-state index >= 15 is 0 Å².